The van der Waals surface area contributed by atoms with E-state index in [-0.39, 0.29) is 4.83 Å². The molecule has 0 amide bonds. The second-order valence-corrected chi connectivity index (χ2v) is 5.42. The van der Waals surface area contributed by atoms with Crippen LogP contribution in [0, 0.1) is 5.41 Å². The molecule has 0 rings (SSSR count). The number of unbranched alkanes of at least 4 members (excludes halogenated alkanes) is 2. The predicted octanol–water partition coefficient (Wildman–Crippen LogP) is 3.74. The lowest BCUT2D eigenvalue weighted by Gasteiger charge is -2.24. The highest BCUT2D eigenvalue weighted by atomic mass is 79.9. The molecule has 0 aliphatic rings. The molecule has 0 aromatic carbocycles. The largest absolute Gasteiger partial charge is 0.380 e. The van der Waals surface area contributed by atoms with E-state index in [4.69, 9.17) is 14.9 Å². The van der Waals surface area contributed by atoms with E-state index in [0.29, 0.717) is 19.8 Å². The van der Waals surface area contributed by atoms with Crippen LogP contribution in [-0.4, -0.2) is 43.1 Å². The van der Waals surface area contributed by atoms with Crippen LogP contribution in [0.2, 0.25) is 0 Å². The molecule has 0 saturated carbocycles. The number of ether oxygens (including phenoxy) is 2. The fourth-order valence-electron chi connectivity index (χ4n) is 1.39. The SMILES string of the molecule is CCCCOC[C@H](Br)[C@@H](OCCCC)[C@H](F)C=N. The van der Waals surface area contributed by atoms with E-state index in [1.54, 1.807) is 0 Å². The van der Waals surface area contributed by atoms with Gasteiger partial charge in [0.05, 0.1) is 11.4 Å². The van der Waals surface area contributed by atoms with Gasteiger partial charge in [0.25, 0.3) is 0 Å². The molecule has 0 spiro atoms. The Morgan fingerprint density at radius 2 is 1.83 bits per heavy atom. The number of rotatable bonds is 12. The number of alkyl halides is 2. The minimum absolute atomic E-state index is 0.220. The Bertz CT molecular complexity index is 207. The Balaban J connectivity index is 4.05. The highest BCUT2D eigenvalue weighted by Crippen LogP contribution is 2.16. The molecule has 0 radical (unpaired) electrons. The molecule has 108 valence electrons. The average molecular weight is 326 g/mol. The van der Waals surface area contributed by atoms with Gasteiger partial charge in [0, 0.05) is 19.4 Å². The van der Waals surface area contributed by atoms with Crippen molar-refractivity contribution in [2.75, 3.05) is 19.8 Å². The van der Waals surface area contributed by atoms with E-state index >= 15 is 0 Å². The van der Waals surface area contributed by atoms with E-state index in [2.05, 4.69) is 29.8 Å². The third-order valence-electron chi connectivity index (χ3n) is 2.56. The highest BCUT2D eigenvalue weighted by molar-refractivity contribution is 9.09. The summed E-state index contributed by atoms with van der Waals surface area (Å²) in [5, 5.41) is 7.01. The molecule has 0 unspecified atom stereocenters. The summed E-state index contributed by atoms with van der Waals surface area (Å²) in [5.74, 6) is 0. The fourth-order valence-corrected chi connectivity index (χ4v) is 2.02. The summed E-state index contributed by atoms with van der Waals surface area (Å²) in [6, 6.07) is 0. The van der Waals surface area contributed by atoms with Crippen molar-refractivity contribution in [3.63, 3.8) is 0 Å². The lowest BCUT2D eigenvalue weighted by Crippen LogP contribution is -2.38. The first kappa shape index (κ1) is 18.0. The van der Waals surface area contributed by atoms with Crippen molar-refractivity contribution in [1.82, 2.24) is 0 Å². The second kappa shape index (κ2) is 12.1. The fraction of sp³-hybridized carbons (Fsp3) is 0.923. The minimum Gasteiger partial charge on any atom is -0.380 e. The van der Waals surface area contributed by atoms with Gasteiger partial charge in [0.15, 0.2) is 6.17 Å². The molecule has 5 heteroatoms. The molecular weight excluding hydrogens is 301 g/mol. The molecule has 0 heterocycles. The van der Waals surface area contributed by atoms with Crippen molar-refractivity contribution in [2.24, 2.45) is 0 Å². The normalized spacial score (nSPS) is 16.2. The zero-order chi connectivity index (χ0) is 13.8. The molecule has 1 N–H and O–H groups in total. The summed E-state index contributed by atoms with van der Waals surface area (Å²) in [6.45, 7) is 5.76. The summed E-state index contributed by atoms with van der Waals surface area (Å²) >= 11 is 3.40. The Hall–Kier alpha value is 0. The second-order valence-electron chi connectivity index (χ2n) is 4.24. The van der Waals surface area contributed by atoms with E-state index in [1.165, 1.54) is 0 Å². The summed E-state index contributed by atoms with van der Waals surface area (Å²) < 4.78 is 24.5. The van der Waals surface area contributed by atoms with Gasteiger partial charge in [-0.25, -0.2) is 4.39 Å². The third kappa shape index (κ3) is 8.16. The smallest absolute Gasteiger partial charge is 0.162 e. The highest BCUT2D eigenvalue weighted by Gasteiger charge is 2.27. The predicted molar refractivity (Wildman–Crippen MR) is 76.8 cm³/mol. The monoisotopic (exact) mass is 325 g/mol. The molecule has 0 aromatic heterocycles. The van der Waals surface area contributed by atoms with Crippen molar-refractivity contribution < 1.29 is 13.9 Å². The molecule has 3 atom stereocenters. The van der Waals surface area contributed by atoms with E-state index < -0.39 is 12.3 Å². The van der Waals surface area contributed by atoms with Crippen LogP contribution in [0.3, 0.4) is 0 Å². The maximum Gasteiger partial charge on any atom is 0.162 e. The van der Waals surface area contributed by atoms with E-state index in [1.807, 2.05) is 0 Å². The van der Waals surface area contributed by atoms with Crippen molar-refractivity contribution in [2.45, 2.75) is 56.6 Å². The van der Waals surface area contributed by atoms with Crippen molar-refractivity contribution in [1.29, 1.82) is 5.41 Å². The molecule has 0 aliphatic carbocycles. The van der Waals surface area contributed by atoms with Gasteiger partial charge in [0.1, 0.15) is 6.10 Å². The molecule has 18 heavy (non-hydrogen) atoms. The maximum absolute atomic E-state index is 13.6. The zero-order valence-electron chi connectivity index (χ0n) is 11.3. The number of halogens is 2. The molecule has 0 aromatic rings. The van der Waals surface area contributed by atoms with Crippen molar-refractivity contribution in [3.05, 3.63) is 0 Å². The van der Waals surface area contributed by atoms with Crippen molar-refractivity contribution in [3.8, 4) is 0 Å². The minimum atomic E-state index is -1.39. The lowest BCUT2D eigenvalue weighted by molar-refractivity contribution is 0.000105. The first-order chi connectivity index (χ1) is 8.67. The van der Waals surface area contributed by atoms with Gasteiger partial charge in [-0.15, -0.1) is 0 Å². The van der Waals surface area contributed by atoms with Gasteiger partial charge < -0.3 is 14.9 Å². The van der Waals surface area contributed by atoms with Crippen LogP contribution in [-0.2, 0) is 9.47 Å². The number of hydrogen-bond donors (Lipinski definition) is 1. The summed E-state index contributed by atoms with van der Waals surface area (Å²) in [7, 11) is 0. The summed E-state index contributed by atoms with van der Waals surface area (Å²) in [6.07, 6.45) is 2.75. The Kier molecular flexibility index (Phi) is 12.1. The maximum atomic E-state index is 13.6. The van der Waals surface area contributed by atoms with Gasteiger partial charge in [-0.3, -0.25) is 0 Å². The van der Waals surface area contributed by atoms with Gasteiger partial charge >= 0.3 is 0 Å². The van der Waals surface area contributed by atoms with E-state index in [9.17, 15) is 4.39 Å². The number of nitrogens with one attached hydrogen (secondary N) is 1. The Morgan fingerprint density at radius 1 is 1.22 bits per heavy atom. The van der Waals surface area contributed by atoms with Crippen molar-refractivity contribution >= 4 is 22.1 Å². The zero-order valence-corrected chi connectivity index (χ0v) is 12.9. The lowest BCUT2D eigenvalue weighted by atomic mass is 10.1. The Labute approximate surface area is 118 Å². The molecular formula is C13H25BrFNO2. The van der Waals surface area contributed by atoms with Crippen LogP contribution in [0.5, 0.6) is 0 Å². The molecule has 0 fully saturated rings. The van der Waals surface area contributed by atoms with Crippen LogP contribution in [0.1, 0.15) is 39.5 Å². The van der Waals surface area contributed by atoms with Crippen LogP contribution in [0.15, 0.2) is 0 Å². The average Bonchev–Trinajstić information content (AvgIpc) is 2.38. The number of hydrogen-bond acceptors (Lipinski definition) is 3. The molecule has 0 aliphatic heterocycles. The van der Waals surface area contributed by atoms with E-state index in [0.717, 1.165) is 31.9 Å². The van der Waals surface area contributed by atoms with Gasteiger partial charge in [0.2, 0.25) is 0 Å². The Morgan fingerprint density at radius 3 is 2.39 bits per heavy atom. The van der Waals surface area contributed by atoms with Crippen LogP contribution < -0.4 is 0 Å². The summed E-state index contributed by atoms with van der Waals surface area (Å²) in [4.78, 5) is -0.220. The molecule has 0 saturated heterocycles. The van der Waals surface area contributed by atoms with Crippen LogP contribution in [0.25, 0.3) is 0 Å². The molecule has 3 nitrogen and oxygen atoms in total. The van der Waals surface area contributed by atoms with Crippen LogP contribution in [0.4, 0.5) is 4.39 Å². The van der Waals surface area contributed by atoms with Crippen LogP contribution >= 0.6 is 15.9 Å². The van der Waals surface area contributed by atoms with Gasteiger partial charge in [-0.05, 0) is 12.8 Å². The first-order valence-corrected chi connectivity index (χ1v) is 7.56. The first-order valence-electron chi connectivity index (χ1n) is 6.65. The summed E-state index contributed by atoms with van der Waals surface area (Å²) in [5.41, 5.74) is 0. The topological polar surface area (TPSA) is 42.3 Å². The molecule has 0 bridgehead atoms. The van der Waals surface area contributed by atoms with Gasteiger partial charge in [-0.1, -0.05) is 42.6 Å². The quantitative estimate of drug-likeness (QED) is 0.337. The third-order valence-corrected chi connectivity index (χ3v) is 3.34. The van der Waals surface area contributed by atoms with Gasteiger partial charge in [-0.2, -0.15) is 0 Å². The standard InChI is InChI=1S/C13H25BrFNO2/c1-3-5-7-17-10-11(14)13(12(15)9-16)18-8-6-4-2/h9,11-13,16H,3-8,10H2,1-2H3/t11-,12+,13+/m0/s1.